The summed E-state index contributed by atoms with van der Waals surface area (Å²) in [5.41, 5.74) is 17.4. The highest BCUT2D eigenvalue weighted by molar-refractivity contribution is 7.25. The van der Waals surface area contributed by atoms with Crippen molar-refractivity contribution in [3.63, 3.8) is 0 Å². The zero-order valence-electron chi connectivity index (χ0n) is 27.7. The van der Waals surface area contributed by atoms with Crippen LogP contribution in [-0.4, -0.2) is 4.57 Å². The molecule has 0 N–H and O–H groups in total. The van der Waals surface area contributed by atoms with Crippen molar-refractivity contribution in [2.45, 2.75) is 6.42 Å². The molecule has 51 heavy (non-hydrogen) atoms. The average molecular weight is 664 g/mol. The first-order chi connectivity index (χ1) is 25.3. The molecule has 0 atom stereocenters. The van der Waals surface area contributed by atoms with Crippen LogP contribution in [0.3, 0.4) is 0 Å². The van der Waals surface area contributed by atoms with Gasteiger partial charge in [0.15, 0.2) is 0 Å². The number of rotatable bonds is 3. The molecule has 0 bridgehead atoms. The number of para-hydroxylation sites is 3. The Kier molecular flexibility index (Phi) is 5.50. The smallest absolute Gasteiger partial charge is 0.0619 e. The molecule has 2 aliphatic rings. The standard InChI is InChI=1S/C49H29NS/c1-2-11-30(12-3-1)50-44-21-6-4-13-33(44)40-20-10-19-39(49(40)50)32-15-8-17-37-42(32)28-43-38-18-9-16-36-31(25-26-41(47(36)38)48(37)43)29-23-24-35-34-14-5-7-22-45(34)51-46(35)27-29/h1-27H,28H2. The van der Waals surface area contributed by atoms with Gasteiger partial charge in [0.05, 0.1) is 11.0 Å². The third-order valence-electron chi connectivity index (χ3n) is 11.4. The number of benzene rings is 8. The lowest BCUT2D eigenvalue weighted by Gasteiger charge is -2.17. The molecule has 2 aromatic heterocycles. The van der Waals surface area contributed by atoms with Gasteiger partial charge < -0.3 is 4.57 Å². The number of hydrogen-bond donors (Lipinski definition) is 0. The highest BCUT2D eigenvalue weighted by Crippen LogP contribution is 2.54. The van der Waals surface area contributed by atoms with Crippen LogP contribution in [0.25, 0.3) is 91.8 Å². The summed E-state index contributed by atoms with van der Waals surface area (Å²) in [5, 5.41) is 8.02. The summed E-state index contributed by atoms with van der Waals surface area (Å²) in [7, 11) is 0. The summed E-state index contributed by atoms with van der Waals surface area (Å²) in [5.74, 6) is 0. The quantitative estimate of drug-likeness (QED) is 0.177. The van der Waals surface area contributed by atoms with Gasteiger partial charge in [-0.3, -0.25) is 0 Å². The minimum Gasteiger partial charge on any atom is -0.309 e. The van der Waals surface area contributed by atoms with Crippen molar-refractivity contribution < 1.29 is 0 Å². The summed E-state index contributed by atoms with van der Waals surface area (Å²) < 4.78 is 5.16. The fourth-order valence-electron chi connectivity index (χ4n) is 9.32. The third-order valence-corrected chi connectivity index (χ3v) is 12.6. The van der Waals surface area contributed by atoms with E-state index in [4.69, 9.17) is 0 Å². The van der Waals surface area contributed by atoms with Gasteiger partial charge in [-0.1, -0.05) is 133 Å². The largest absolute Gasteiger partial charge is 0.309 e. The van der Waals surface area contributed by atoms with Crippen molar-refractivity contribution in [3.8, 4) is 27.9 Å². The molecule has 0 fully saturated rings. The van der Waals surface area contributed by atoms with Gasteiger partial charge in [0.2, 0.25) is 0 Å². The summed E-state index contributed by atoms with van der Waals surface area (Å²) >= 11 is 1.89. The third kappa shape index (κ3) is 3.70. The lowest BCUT2D eigenvalue weighted by molar-refractivity contribution is 1.18. The Morgan fingerprint density at radius 2 is 1.12 bits per heavy atom. The molecular weight excluding hydrogens is 635 g/mol. The number of fused-ring (bicyclic) bond motifs is 10. The first-order valence-electron chi connectivity index (χ1n) is 17.7. The second kappa shape index (κ2) is 10.2. The number of allylic oxidation sites excluding steroid dienone is 1. The highest BCUT2D eigenvalue weighted by Gasteiger charge is 2.34. The van der Waals surface area contributed by atoms with E-state index in [0.29, 0.717) is 0 Å². The van der Waals surface area contributed by atoms with E-state index in [0.717, 1.165) is 6.42 Å². The van der Waals surface area contributed by atoms with Crippen molar-refractivity contribution in [1.82, 2.24) is 4.57 Å². The van der Waals surface area contributed by atoms with Gasteiger partial charge in [-0.2, -0.15) is 0 Å². The van der Waals surface area contributed by atoms with Gasteiger partial charge in [-0.25, -0.2) is 0 Å². The van der Waals surface area contributed by atoms with Gasteiger partial charge in [0.1, 0.15) is 0 Å². The molecule has 2 heterocycles. The Labute approximate surface area is 299 Å². The van der Waals surface area contributed by atoms with Crippen LogP contribution in [0.2, 0.25) is 0 Å². The molecule has 0 spiro atoms. The summed E-state index contributed by atoms with van der Waals surface area (Å²) in [4.78, 5) is 0. The van der Waals surface area contributed by atoms with Crippen molar-refractivity contribution >= 4 is 75.2 Å². The van der Waals surface area contributed by atoms with Crippen molar-refractivity contribution in [1.29, 1.82) is 0 Å². The first kappa shape index (κ1) is 27.6. The van der Waals surface area contributed by atoms with Crippen LogP contribution in [0.1, 0.15) is 22.3 Å². The summed E-state index contributed by atoms with van der Waals surface area (Å²) in [6, 6.07) is 61.0. The Morgan fingerprint density at radius 3 is 2.04 bits per heavy atom. The predicted octanol–water partition coefficient (Wildman–Crippen LogP) is 13.5. The zero-order chi connectivity index (χ0) is 33.2. The predicted molar refractivity (Wildman–Crippen MR) is 218 cm³/mol. The van der Waals surface area contributed by atoms with Crippen LogP contribution in [0.15, 0.2) is 164 Å². The van der Waals surface area contributed by atoms with Gasteiger partial charge in [0.25, 0.3) is 0 Å². The lowest BCUT2D eigenvalue weighted by atomic mass is 9.88. The maximum absolute atomic E-state index is 2.46. The normalized spacial score (nSPS) is 13.3. The van der Waals surface area contributed by atoms with Gasteiger partial charge in [0, 0.05) is 42.2 Å². The maximum atomic E-state index is 2.46. The highest BCUT2D eigenvalue weighted by atomic mass is 32.1. The molecular formula is C49H29NS. The van der Waals surface area contributed by atoms with Crippen molar-refractivity contribution in [2.24, 2.45) is 0 Å². The average Bonchev–Trinajstić information content (AvgIpc) is 3.93. The molecule has 2 heteroatoms. The zero-order valence-corrected chi connectivity index (χ0v) is 28.5. The molecule has 236 valence electrons. The van der Waals surface area contributed by atoms with E-state index in [1.54, 1.807) is 0 Å². The first-order valence-corrected chi connectivity index (χ1v) is 18.5. The van der Waals surface area contributed by atoms with E-state index in [9.17, 15) is 0 Å². The molecule has 0 radical (unpaired) electrons. The second-order valence-electron chi connectivity index (χ2n) is 13.9. The molecule has 0 amide bonds. The maximum Gasteiger partial charge on any atom is 0.0619 e. The van der Waals surface area contributed by atoms with E-state index < -0.39 is 0 Å². The van der Waals surface area contributed by atoms with Crippen LogP contribution in [0.4, 0.5) is 0 Å². The molecule has 0 saturated carbocycles. The fourth-order valence-corrected chi connectivity index (χ4v) is 10.5. The second-order valence-corrected chi connectivity index (χ2v) is 15.0. The van der Waals surface area contributed by atoms with E-state index in [-0.39, 0.29) is 0 Å². The number of thiophene rings is 1. The van der Waals surface area contributed by atoms with Crippen molar-refractivity contribution in [2.75, 3.05) is 0 Å². The van der Waals surface area contributed by atoms with Crippen LogP contribution < -0.4 is 0 Å². The Bertz CT molecular complexity index is 3150. The van der Waals surface area contributed by atoms with Crippen molar-refractivity contribution in [3.05, 3.63) is 186 Å². The Hall–Kier alpha value is -6.22. The van der Waals surface area contributed by atoms with E-state index in [2.05, 4.69) is 168 Å². The molecule has 10 aromatic rings. The Balaban J connectivity index is 1.03. The van der Waals surface area contributed by atoms with E-state index >= 15 is 0 Å². The summed E-state index contributed by atoms with van der Waals surface area (Å²) in [6.45, 7) is 0. The molecule has 12 rings (SSSR count). The fraction of sp³-hybridized carbons (Fsp3) is 0.0204. The lowest BCUT2D eigenvalue weighted by Crippen LogP contribution is -1.98. The number of hydrogen-bond acceptors (Lipinski definition) is 1. The van der Waals surface area contributed by atoms with Gasteiger partial charge >= 0.3 is 0 Å². The van der Waals surface area contributed by atoms with Gasteiger partial charge in [-0.05, 0) is 97.6 Å². The van der Waals surface area contributed by atoms with Crippen LogP contribution in [0, 0.1) is 0 Å². The molecule has 0 saturated heterocycles. The van der Waals surface area contributed by atoms with Gasteiger partial charge in [-0.15, -0.1) is 11.3 Å². The van der Waals surface area contributed by atoms with Crippen LogP contribution in [-0.2, 0) is 6.42 Å². The minimum atomic E-state index is 0.930. The molecule has 1 nitrogen and oxygen atoms in total. The topological polar surface area (TPSA) is 4.93 Å². The SMILES string of the molecule is c1ccc(-n2c3ccccc3c3cccc(-c4cccc5c4CC4=C5c5ccc(-c6ccc7c(c6)sc6ccccc67)c6cccc4c56)c32)cc1. The number of nitrogens with zero attached hydrogens (tertiary/aromatic N) is 1. The van der Waals surface area contributed by atoms with Crippen LogP contribution in [0.5, 0.6) is 0 Å². The molecule has 0 aliphatic heterocycles. The number of aromatic nitrogens is 1. The van der Waals surface area contributed by atoms with Crippen LogP contribution >= 0.6 is 11.3 Å². The summed E-state index contributed by atoms with van der Waals surface area (Å²) in [6.07, 6.45) is 0.930. The van der Waals surface area contributed by atoms with E-state index in [1.165, 1.54) is 114 Å². The molecule has 2 aliphatic carbocycles. The minimum absolute atomic E-state index is 0.930. The molecule has 8 aromatic carbocycles. The Morgan fingerprint density at radius 1 is 0.431 bits per heavy atom. The molecule has 0 unspecified atom stereocenters. The van der Waals surface area contributed by atoms with E-state index in [1.807, 2.05) is 11.3 Å². The monoisotopic (exact) mass is 663 g/mol.